The van der Waals surface area contributed by atoms with Crippen molar-refractivity contribution in [3.05, 3.63) is 24.1 Å². The van der Waals surface area contributed by atoms with Gasteiger partial charge in [0, 0.05) is 18.2 Å². The number of anilines is 1. The van der Waals surface area contributed by atoms with Gasteiger partial charge < -0.3 is 10.4 Å². The van der Waals surface area contributed by atoms with Crippen molar-refractivity contribution in [2.45, 2.75) is 32.1 Å². The second-order valence-electron chi connectivity index (χ2n) is 4.91. The molecule has 0 radical (unpaired) electrons. The Morgan fingerprint density at radius 3 is 2.76 bits per heavy atom. The molecule has 1 saturated carbocycles. The molecule has 3 nitrogen and oxygen atoms in total. The van der Waals surface area contributed by atoms with Crippen molar-refractivity contribution in [1.82, 2.24) is 4.98 Å². The molecule has 0 saturated heterocycles. The maximum Gasteiger partial charge on any atom is 0.165 e. The van der Waals surface area contributed by atoms with Crippen LogP contribution in [0.15, 0.2) is 18.3 Å². The number of pyridine rings is 1. The van der Waals surface area contributed by atoms with Crippen LogP contribution in [0, 0.1) is 11.2 Å². The third-order valence-corrected chi connectivity index (χ3v) is 3.64. The average molecular weight is 238 g/mol. The molecule has 17 heavy (non-hydrogen) atoms. The van der Waals surface area contributed by atoms with Crippen LogP contribution in [0.4, 0.5) is 10.2 Å². The van der Waals surface area contributed by atoms with Crippen LogP contribution in [0.2, 0.25) is 0 Å². The minimum Gasteiger partial charge on any atom is -0.396 e. The molecule has 0 aliphatic heterocycles. The molecule has 0 amide bonds. The van der Waals surface area contributed by atoms with Gasteiger partial charge in [-0.2, -0.15) is 0 Å². The van der Waals surface area contributed by atoms with E-state index in [-0.39, 0.29) is 23.7 Å². The largest absolute Gasteiger partial charge is 0.396 e. The number of halogens is 1. The minimum atomic E-state index is -0.337. The molecule has 0 aromatic carbocycles. The number of aromatic nitrogens is 1. The summed E-state index contributed by atoms with van der Waals surface area (Å²) in [5.74, 6) is -0.0534. The van der Waals surface area contributed by atoms with Gasteiger partial charge in [0.1, 0.15) is 0 Å². The third kappa shape index (κ3) is 2.94. The summed E-state index contributed by atoms with van der Waals surface area (Å²) >= 11 is 0. The van der Waals surface area contributed by atoms with Crippen LogP contribution in [-0.2, 0) is 0 Å². The van der Waals surface area contributed by atoms with Crippen molar-refractivity contribution < 1.29 is 9.50 Å². The summed E-state index contributed by atoms with van der Waals surface area (Å²) in [4.78, 5) is 3.96. The summed E-state index contributed by atoms with van der Waals surface area (Å²) in [5, 5.41) is 12.6. The first kappa shape index (κ1) is 12.3. The van der Waals surface area contributed by atoms with Crippen LogP contribution in [-0.4, -0.2) is 23.2 Å². The summed E-state index contributed by atoms with van der Waals surface area (Å²) in [6.45, 7) is 0.756. The molecule has 0 atom stereocenters. The van der Waals surface area contributed by atoms with Gasteiger partial charge in [0.05, 0.1) is 6.61 Å². The Bertz CT molecular complexity index is 364. The van der Waals surface area contributed by atoms with Gasteiger partial charge in [-0.15, -0.1) is 0 Å². The molecule has 1 aliphatic carbocycles. The monoisotopic (exact) mass is 238 g/mol. The molecule has 0 unspecified atom stereocenters. The van der Waals surface area contributed by atoms with Gasteiger partial charge in [-0.05, 0) is 25.0 Å². The molecule has 1 heterocycles. The van der Waals surface area contributed by atoms with Crippen molar-refractivity contribution in [2.24, 2.45) is 5.41 Å². The Kier molecular flexibility index (Phi) is 3.94. The second kappa shape index (κ2) is 5.45. The smallest absolute Gasteiger partial charge is 0.165 e. The quantitative estimate of drug-likeness (QED) is 0.847. The van der Waals surface area contributed by atoms with E-state index >= 15 is 0 Å². The van der Waals surface area contributed by atoms with E-state index in [1.54, 1.807) is 12.3 Å². The first-order chi connectivity index (χ1) is 8.26. The predicted molar refractivity (Wildman–Crippen MR) is 65.3 cm³/mol. The number of hydrogen-bond donors (Lipinski definition) is 2. The van der Waals surface area contributed by atoms with E-state index in [2.05, 4.69) is 10.3 Å². The lowest BCUT2D eigenvalue weighted by Crippen LogP contribution is -2.35. The molecule has 0 spiro atoms. The van der Waals surface area contributed by atoms with Crippen LogP contribution in [0.1, 0.15) is 32.1 Å². The number of aliphatic hydroxyl groups excluding tert-OH is 1. The fraction of sp³-hybridized carbons (Fsp3) is 0.615. The summed E-state index contributed by atoms with van der Waals surface area (Å²) in [6, 6.07) is 2.96. The van der Waals surface area contributed by atoms with Gasteiger partial charge in [-0.1, -0.05) is 19.3 Å². The van der Waals surface area contributed by atoms with Gasteiger partial charge >= 0.3 is 0 Å². The van der Waals surface area contributed by atoms with Crippen molar-refractivity contribution in [3.63, 3.8) is 0 Å². The number of hydrogen-bond acceptors (Lipinski definition) is 3. The van der Waals surface area contributed by atoms with E-state index in [9.17, 15) is 9.50 Å². The first-order valence-corrected chi connectivity index (χ1v) is 6.21. The number of nitrogens with zero attached hydrogens (tertiary/aromatic N) is 1. The van der Waals surface area contributed by atoms with Gasteiger partial charge in [0.2, 0.25) is 0 Å². The van der Waals surface area contributed by atoms with Crippen LogP contribution in [0.5, 0.6) is 0 Å². The predicted octanol–water partition coefficient (Wildman–Crippen LogP) is 2.58. The van der Waals surface area contributed by atoms with Crippen molar-refractivity contribution in [3.8, 4) is 0 Å². The van der Waals surface area contributed by atoms with E-state index in [4.69, 9.17) is 0 Å². The van der Waals surface area contributed by atoms with Gasteiger partial charge in [0.15, 0.2) is 11.6 Å². The van der Waals surface area contributed by atoms with Crippen molar-refractivity contribution in [1.29, 1.82) is 0 Å². The molecule has 1 aromatic rings. The molecule has 4 heteroatoms. The van der Waals surface area contributed by atoms with Gasteiger partial charge in [0.25, 0.3) is 0 Å². The normalized spacial score (nSPS) is 18.9. The highest BCUT2D eigenvalue weighted by Gasteiger charge is 2.31. The fourth-order valence-electron chi connectivity index (χ4n) is 2.48. The number of rotatable bonds is 4. The summed E-state index contributed by atoms with van der Waals surface area (Å²) in [6.07, 6.45) is 7.10. The highest BCUT2D eigenvalue weighted by atomic mass is 19.1. The molecule has 2 N–H and O–H groups in total. The van der Waals surface area contributed by atoms with E-state index in [1.165, 1.54) is 12.5 Å². The highest BCUT2D eigenvalue weighted by Crippen LogP contribution is 2.35. The third-order valence-electron chi connectivity index (χ3n) is 3.64. The lowest BCUT2D eigenvalue weighted by molar-refractivity contribution is 0.0942. The standard InChI is InChI=1S/C13H19FN2O/c14-11-5-4-8-15-12(11)16-9-13(10-17)6-2-1-3-7-13/h4-5,8,17H,1-3,6-7,9-10H2,(H,15,16). The molecule has 94 valence electrons. The Labute approximate surface area is 101 Å². The van der Waals surface area contributed by atoms with Crippen LogP contribution < -0.4 is 5.32 Å². The van der Waals surface area contributed by atoms with Crippen LogP contribution in [0.25, 0.3) is 0 Å². The molecule has 1 aromatic heterocycles. The zero-order valence-electron chi connectivity index (χ0n) is 9.95. The minimum absolute atomic E-state index is 0.0950. The highest BCUT2D eigenvalue weighted by molar-refractivity contribution is 5.35. The van der Waals surface area contributed by atoms with Crippen LogP contribution >= 0.6 is 0 Å². The van der Waals surface area contributed by atoms with E-state index < -0.39 is 0 Å². The zero-order chi connectivity index (χ0) is 12.1. The van der Waals surface area contributed by atoms with Gasteiger partial charge in [-0.3, -0.25) is 0 Å². The SMILES string of the molecule is OCC1(CNc2ncccc2F)CCCCC1. The Morgan fingerprint density at radius 1 is 1.35 bits per heavy atom. The number of nitrogens with one attached hydrogen (secondary N) is 1. The van der Waals surface area contributed by atoms with Crippen LogP contribution in [0.3, 0.4) is 0 Å². The van der Waals surface area contributed by atoms with Gasteiger partial charge in [-0.25, -0.2) is 9.37 Å². The van der Waals surface area contributed by atoms with E-state index in [0.29, 0.717) is 6.54 Å². The summed E-state index contributed by atoms with van der Waals surface area (Å²) in [5.41, 5.74) is -0.0950. The molecule has 2 rings (SSSR count). The maximum absolute atomic E-state index is 13.4. The van der Waals surface area contributed by atoms with E-state index in [1.807, 2.05) is 0 Å². The maximum atomic E-state index is 13.4. The first-order valence-electron chi connectivity index (χ1n) is 6.21. The zero-order valence-corrected chi connectivity index (χ0v) is 9.95. The second-order valence-corrected chi connectivity index (χ2v) is 4.91. The molecular weight excluding hydrogens is 219 g/mol. The summed E-state index contributed by atoms with van der Waals surface area (Å²) < 4.78 is 13.4. The van der Waals surface area contributed by atoms with Crippen molar-refractivity contribution in [2.75, 3.05) is 18.5 Å². The Balaban J connectivity index is 1.98. The van der Waals surface area contributed by atoms with Crippen molar-refractivity contribution >= 4 is 5.82 Å². The molecular formula is C13H19FN2O. The number of aliphatic hydroxyl groups is 1. The lowest BCUT2D eigenvalue weighted by Gasteiger charge is -2.35. The average Bonchev–Trinajstić information content (AvgIpc) is 2.39. The lowest BCUT2D eigenvalue weighted by atomic mass is 9.74. The fourth-order valence-corrected chi connectivity index (χ4v) is 2.48. The molecule has 0 bridgehead atoms. The Hall–Kier alpha value is -1.16. The van der Waals surface area contributed by atoms with E-state index in [0.717, 1.165) is 25.7 Å². The topological polar surface area (TPSA) is 45.1 Å². The summed E-state index contributed by atoms with van der Waals surface area (Å²) in [7, 11) is 0. The molecule has 1 fully saturated rings. The Morgan fingerprint density at radius 2 is 2.12 bits per heavy atom. The molecule has 1 aliphatic rings.